The SMILES string of the molecule is CCCC1(C2CCCCCCCCCCCCCCC2)SCc2cc(C(=O)NCCCCCC(=O)NC(C(=O)NCC(=O)Nc3ccc(COC(=O)N(C)C(C(=O)NCC(=O)N(C)C([C@@H](C)CC)[C@@H](CC(=O)N4CCC[C@H]4[C@H](OC)[C@@H](C)C(=O)N[C@H](C)[C@@H](O)c4ccccc4)OC)C(C)C)cc3)C(C)C)cc(n2)CSC1C. The Morgan fingerprint density at radius 1 is 0.670 bits per heavy atom. The van der Waals surface area contributed by atoms with Crippen LogP contribution in [-0.2, 0) is 65.9 Å². The average Bonchev–Trinajstić information content (AvgIpc) is 1.49. The van der Waals surface area contributed by atoms with Crippen molar-refractivity contribution in [1.82, 2.24) is 46.3 Å². The van der Waals surface area contributed by atoms with Gasteiger partial charge in [0.25, 0.3) is 5.91 Å². The third kappa shape index (κ3) is 29.2. The van der Waals surface area contributed by atoms with Crippen LogP contribution in [0.2, 0.25) is 0 Å². The molecule has 23 nitrogen and oxygen atoms in total. The lowest BCUT2D eigenvalue weighted by atomic mass is 9.78. The lowest BCUT2D eigenvalue weighted by Gasteiger charge is -2.45. The minimum Gasteiger partial charge on any atom is -0.445 e. The number of benzene rings is 2. The molecule has 2 bridgehead atoms. The first kappa shape index (κ1) is 94.1. The van der Waals surface area contributed by atoms with Crippen molar-refractivity contribution in [2.45, 2.75) is 306 Å². The molecule has 12 atom stereocenters. The number of hydrogen-bond donors (Lipinski definition) is 7. The molecule has 3 heterocycles. The van der Waals surface area contributed by atoms with E-state index in [0.717, 1.165) is 29.3 Å². The number of likely N-dealkylation sites (N-methyl/N-ethyl adjacent to an activating group) is 2. The Bertz CT molecular complexity index is 3390. The van der Waals surface area contributed by atoms with Gasteiger partial charge in [0.1, 0.15) is 18.7 Å². The Morgan fingerprint density at radius 3 is 1.88 bits per heavy atom. The van der Waals surface area contributed by atoms with Gasteiger partial charge in [-0.05, 0) is 111 Å². The fourth-order valence-electron chi connectivity index (χ4n) is 16.5. The van der Waals surface area contributed by atoms with Crippen LogP contribution in [0.1, 0.15) is 269 Å². The number of nitrogens with zero attached hydrogens (tertiary/aromatic N) is 4. The highest BCUT2D eigenvalue weighted by atomic mass is 32.2. The molecule has 5 unspecified atom stereocenters. The number of aromatic nitrogens is 1. The summed E-state index contributed by atoms with van der Waals surface area (Å²) in [5, 5.41) is 28.5. The van der Waals surface area contributed by atoms with Crippen LogP contribution in [-0.4, -0.2) is 185 Å². The number of aliphatic hydroxyl groups excluding tert-OH is 1. The smallest absolute Gasteiger partial charge is 0.410 e. The summed E-state index contributed by atoms with van der Waals surface area (Å²) in [6.07, 6.45) is 23.5. The van der Waals surface area contributed by atoms with E-state index in [1.807, 2.05) is 69.8 Å². The summed E-state index contributed by atoms with van der Waals surface area (Å²) in [6.45, 7) is 19.4. The normalized spacial score (nSPS) is 20.1. The van der Waals surface area contributed by atoms with E-state index in [4.69, 9.17) is 19.2 Å². The molecule has 1 saturated carbocycles. The van der Waals surface area contributed by atoms with Crippen molar-refractivity contribution in [3.63, 3.8) is 0 Å². The predicted octanol–water partition coefficient (Wildman–Crippen LogP) is 14.0. The monoisotopic (exact) mass is 1590 g/mol. The number of thioether (sulfide) groups is 2. The zero-order chi connectivity index (χ0) is 81.9. The van der Waals surface area contributed by atoms with Gasteiger partial charge in [-0.1, -0.05) is 208 Å². The van der Waals surface area contributed by atoms with Gasteiger partial charge in [-0.3, -0.25) is 48.2 Å². The van der Waals surface area contributed by atoms with Gasteiger partial charge < -0.3 is 61.0 Å². The number of carbonyl (C=O) groups excluding carboxylic acids is 9. The molecule has 3 aromatic rings. The summed E-state index contributed by atoms with van der Waals surface area (Å²) in [5.74, 6) is -2.19. The second-order valence-corrected chi connectivity index (χ2v) is 35.0. The number of fused-ring (bicyclic) bond motifs is 2. The average molecular weight is 1600 g/mol. The highest BCUT2D eigenvalue weighted by Gasteiger charge is 2.45. The Labute approximate surface area is 678 Å². The van der Waals surface area contributed by atoms with Crippen molar-refractivity contribution >= 4 is 82.6 Å². The van der Waals surface area contributed by atoms with E-state index in [0.29, 0.717) is 85.2 Å². The number of anilines is 1. The van der Waals surface area contributed by atoms with Crippen molar-refractivity contribution < 1.29 is 62.5 Å². The lowest BCUT2D eigenvalue weighted by Crippen LogP contribution is -2.56. The number of aliphatic hydroxyl groups is 1. The van der Waals surface area contributed by atoms with Gasteiger partial charge in [0.15, 0.2) is 0 Å². The van der Waals surface area contributed by atoms with Gasteiger partial charge in [0, 0.05) is 80.6 Å². The van der Waals surface area contributed by atoms with Crippen LogP contribution in [0.15, 0.2) is 66.7 Å². The van der Waals surface area contributed by atoms with Gasteiger partial charge in [-0.25, -0.2) is 4.79 Å². The second kappa shape index (κ2) is 49.2. The third-order valence-electron chi connectivity index (χ3n) is 23.3. The van der Waals surface area contributed by atoms with Crippen molar-refractivity contribution in [3.8, 4) is 0 Å². The third-order valence-corrected chi connectivity index (χ3v) is 26.7. The van der Waals surface area contributed by atoms with Crippen molar-refractivity contribution in [2.24, 2.45) is 29.6 Å². The number of carbonyl (C=O) groups is 9. The first-order chi connectivity index (χ1) is 53.7. The number of rotatable bonds is 37. The molecular formula is C87H138N10O13S2. The molecule has 2 aliphatic heterocycles. The quantitative estimate of drug-likeness (QED) is 0.0264. The topological polar surface area (TPSA) is 296 Å². The molecule has 112 heavy (non-hydrogen) atoms. The van der Waals surface area contributed by atoms with Crippen LogP contribution in [0.4, 0.5) is 10.5 Å². The van der Waals surface area contributed by atoms with E-state index in [2.05, 4.69) is 57.5 Å². The second-order valence-electron chi connectivity index (χ2n) is 32.3. The number of likely N-dealkylation sites (tertiary alicyclic amines) is 1. The van der Waals surface area contributed by atoms with Crippen molar-refractivity contribution in [3.05, 3.63) is 94.8 Å². The molecule has 2 aromatic carbocycles. The van der Waals surface area contributed by atoms with E-state index in [1.54, 1.807) is 76.0 Å². The molecule has 0 spiro atoms. The summed E-state index contributed by atoms with van der Waals surface area (Å²) in [7, 11) is 6.09. The van der Waals surface area contributed by atoms with Crippen LogP contribution in [0.3, 0.4) is 0 Å². The maximum Gasteiger partial charge on any atom is 0.410 e. The first-order valence-corrected chi connectivity index (χ1v) is 44.0. The molecule has 6 rings (SSSR count). The Kier molecular flexibility index (Phi) is 41.3. The Hall–Kier alpha value is -6.80. The summed E-state index contributed by atoms with van der Waals surface area (Å²) in [4.78, 5) is 133. The largest absolute Gasteiger partial charge is 0.445 e. The number of hydrogen-bond acceptors (Lipinski definition) is 16. The molecule has 0 radical (unpaired) electrons. The minimum absolute atomic E-state index is 0.0689. The molecule has 1 saturated heterocycles. The number of amides is 9. The van der Waals surface area contributed by atoms with E-state index in [9.17, 15) is 48.3 Å². The van der Waals surface area contributed by atoms with E-state index >= 15 is 0 Å². The summed E-state index contributed by atoms with van der Waals surface area (Å²) in [5.41, 5.74) is 4.26. The lowest BCUT2D eigenvalue weighted by molar-refractivity contribution is -0.146. The van der Waals surface area contributed by atoms with Crippen LogP contribution in [0.25, 0.3) is 0 Å². The summed E-state index contributed by atoms with van der Waals surface area (Å²) >= 11 is 4.14. The molecule has 1 aromatic heterocycles. The highest BCUT2D eigenvalue weighted by Crippen LogP contribution is 2.51. The molecule has 2 fully saturated rings. The number of methoxy groups -OCH3 is 2. The van der Waals surface area contributed by atoms with Crippen molar-refractivity contribution in [1.29, 1.82) is 0 Å². The number of unbranched alkanes of at least 4 members (excludes halogenated alkanes) is 2. The van der Waals surface area contributed by atoms with Gasteiger partial charge in [0.2, 0.25) is 41.4 Å². The summed E-state index contributed by atoms with van der Waals surface area (Å²) in [6, 6.07) is 16.1. The van der Waals surface area contributed by atoms with Crippen molar-refractivity contribution in [2.75, 3.05) is 59.8 Å². The van der Waals surface area contributed by atoms with Gasteiger partial charge in [0.05, 0.1) is 73.3 Å². The first-order valence-electron chi connectivity index (χ1n) is 42.0. The number of pyridine rings is 1. The molecule has 626 valence electrons. The Balaban J connectivity index is 0.897. The predicted molar refractivity (Wildman–Crippen MR) is 447 cm³/mol. The van der Waals surface area contributed by atoms with Crippen LogP contribution < -0.4 is 31.9 Å². The Morgan fingerprint density at radius 2 is 1.29 bits per heavy atom. The van der Waals surface area contributed by atoms with E-state index < -0.39 is 96.6 Å². The standard InChI is InChI=1S/C87H138N10O13S2/c1-15-47-87(67-39-32-26-24-22-20-18-17-19-21-23-25-27-33-40-67)63(10)111-56-69-50-66(51-70(92-69)57-112-87)83(104)88-48-35-29-34-42-73(98)94-77(58(3)4)84(105)89-53-74(99)93-68-45-43-64(44-46-68)55-110-86(107)96(12)78(59(5)6)85(106)90-54-76(101)95(11)79(60(7)16-2)72(108-13)52-75(100)97-49-36-41-71(97)81(109-14)61(8)82(103)91-62(9)80(102)65-37-30-28-31-38-65/h28,30-31,37-38,43-46,50-51,58-63,67,71-72,77-81,102H,15-27,29,32-36,39-42,47-49,52-57H2,1-14H3,(H,88,104)(H,89,105)(H,90,106)(H,91,103)(H,93,99)(H,94,98)/t60-,61+,62+,63?,71-,72+,77?,78?,79?,80+,81+,87?/m0/s1. The fraction of sp³-hybridized carbons (Fsp3) is 0.701. The van der Waals surface area contributed by atoms with Gasteiger partial charge in [-0.15, -0.1) is 11.8 Å². The van der Waals surface area contributed by atoms with E-state index in [1.165, 1.54) is 134 Å². The number of ether oxygens (including phenoxy) is 3. The maximum absolute atomic E-state index is 14.4. The molecular weight excluding hydrogens is 1460 g/mol. The van der Waals surface area contributed by atoms with Gasteiger partial charge in [-0.2, -0.15) is 11.8 Å². The minimum atomic E-state index is -1.03. The van der Waals surface area contributed by atoms with Crippen LogP contribution in [0, 0.1) is 29.6 Å². The van der Waals surface area contributed by atoms with Gasteiger partial charge >= 0.3 is 6.09 Å². The zero-order valence-corrected chi connectivity index (χ0v) is 71.6. The van der Waals surface area contributed by atoms with E-state index in [-0.39, 0.29) is 66.2 Å². The summed E-state index contributed by atoms with van der Waals surface area (Å²) < 4.78 is 17.8. The number of nitrogens with one attached hydrogen (secondary N) is 6. The molecule has 25 heteroatoms. The zero-order valence-electron chi connectivity index (χ0n) is 70.0. The fourth-order valence-corrected chi connectivity index (χ4v) is 19.7. The molecule has 1 aliphatic carbocycles. The molecule has 3 aliphatic rings. The van der Waals surface area contributed by atoms with Crippen LogP contribution in [0.5, 0.6) is 0 Å². The molecule has 9 amide bonds. The highest BCUT2D eigenvalue weighted by molar-refractivity contribution is 8.03. The van der Waals surface area contributed by atoms with Crippen LogP contribution >= 0.6 is 23.5 Å². The molecule has 7 N–H and O–H groups in total. The maximum atomic E-state index is 14.4.